The summed E-state index contributed by atoms with van der Waals surface area (Å²) < 4.78 is 22.8. The van der Waals surface area contributed by atoms with Crippen LogP contribution in [0.25, 0.3) is 6.08 Å². The van der Waals surface area contributed by atoms with Gasteiger partial charge < -0.3 is 24.3 Å². The van der Waals surface area contributed by atoms with Gasteiger partial charge in [-0.2, -0.15) is 0 Å². The van der Waals surface area contributed by atoms with E-state index in [2.05, 4.69) is 17.4 Å². The maximum absolute atomic E-state index is 12.7. The van der Waals surface area contributed by atoms with Gasteiger partial charge in [-0.05, 0) is 68.0 Å². The molecule has 1 saturated carbocycles. The predicted octanol–water partition coefficient (Wildman–Crippen LogP) is 4.72. The molecule has 4 rings (SSSR count). The van der Waals surface area contributed by atoms with E-state index in [9.17, 15) is 4.79 Å². The van der Waals surface area contributed by atoms with Crippen LogP contribution >= 0.6 is 0 Å². The number of nitrogens with one attached hydrogen (secondary N) is 1. The second-order valence-electron chi connectivity index (χ2n) is 8.29. The Hall–Kier alpha value is -3.15. The molecule has 1 saturated heterocycles. The molecule has 6 nitrogen and oxygen atoms in total. The number of carbonyl (C=O) groups excluding carboxylic acids is 1. The smallest absolute Gasteiger partial charge is 0.247 e. The number of piperidine rings is 1. The highest BCUT2D eigenvalue weighted by atomic mass is 16.5. The van der Waals surface area contributed by atoms with Crippen LogP contribution in [0, 0.1) is 0 Å². The van der Waals surface area contributed by atoms with Gasteiger partial charge in [0.05, 0.1) is 33.0 Å². The van der Waals surface area contributed by atoms with E-state index in [0.717, 1.165) is 35.5 Å². The first kappa shape index (κ1) is 22.1. The molecule has 1 aliphatic heterocycles. The second kappa shape index (κ2) is 9.98. The largest absolute Gasteiger partial charge is 0.496 e. The number of hydrogen-bond acceptors (Lipinski definition) is 5. The summed E-state index contributed by atoms with van der Waals surface area (Å²) in [6, 6.07) is 11.7. The van der Waals surface area contributed by atoms with Crippen molar-refractivity contribution in [1.29, 1.82) is 0 Å². The van der Waals surface area contributed by atoms with Gasteiger partial charge >= 0.3 is 0 Å². The third-order valence-electron chi connectivity index (χ3n) is 6.31. The zero-order valence-electron chi connectivity index (χ0n) is 19.0. The first-order valence-electron chi connectivity index (χ1n) is 11.2. The van der Waals surface area contributed by atoms with Crippen molar-refractivity contribution in [3.05, 3.63) is 53.1 Å². The average molecular weight is 438 g/mol. The summed E-state index contributed by atoms with van der Waals surface area (Å²) in [6.07, 6.45) is 7.32. The fourth-order valence-electron chi connectivity index (χ4n) is 4.54. The molecular weight excluding hydrogens is 406 g/mol. The average Bonchev–Trinajstić information content (AvgIpc) is 3.33. The van der Waals surface area contributed by atoms with Crippen molar-refractivity contribution in [3.63, 3.8) is 0 Å². The van der Waals surface area contributed by atoms with E-state index in [1.807, 2.05) is 30.3 Å². The molecule has 170 valence electrons. The molecular formula is C26H31NO5. The minimum Gasteiger partial charge on any atom is -0.496 e. The summed E-state index contributed by atoms with van der Waals surface area (Å²) in [5.41, 5.74) is 2.58. The topological polar surface area (TPSA) is 66.0 Å². The van der Waals surface area contributed by atoms with Crippen molar-refractivity contribution >= 4 is 12.0 Å². The normalized spacial score (nSPS) is 20.2. The Morgan fingerprint density at radius 3 is 2.25 bits per heavy atom. The minimum atomic E-state index is -0.0647. The van der Waals surface area contributed by atoms with Crippen LogP contribution in [0.1, 0.15) is 49.1 Å². The Balaban J connectivity index is 1.61. The Morgan fingerprint density at radius 1 is 0.906 bits per heavy atom. The molecule has 2 aromatic carbocycles. The Labute approximate surface area is 189 Å². The summed E-state index contributed by atoms with van der Waals surface area (Å²) >= 11 is 0. The summed E-state index contributed by atoms with van der Waals surface area (Å²) in [7, 11) is 4.90. The third kappa shape index (κ3) is 4.69. The molecule has 2 aromatic rings. The minimum absolute atomic E-state index is 0.0647. The van der Waals surface area contributed by atoms with Crippen LogP contribution in [0.4, 0.5) is 0 Å². The molecule has 1 N–H and O–H groups in total. The first-order chi connectivity index (χ1) is 15.6. The van der Waals surface area contributed by atoms with E-state index in [-0.39, 0.29) is 17.9 Å². The van der Waals surface area contributed by atoms with Gasteiger partial charge in [-0.3, -0.25) is 4.79 Å². The SMILES string of the molecule is COc1ccc([C@H]2CNC(=O)/C(=C/c3c(OC)cccc3OC)C2)cc1OC1CCCC1. The van der Waals surface area contributed by atoms with Crippen LogP contribution in [-0.4, -0.2) is 39.9 Å². The van der Waals surface area contributed by atoms with Gasteiger partial charge in [0.1, 0.15) is 11.5 Å². The lowest BCUT2D eigenvalue weighted by atomic mass is 9.87. The Kier molecular flexibility index (Phi) is 6.88. The van der Waals surface area contributed by atoms with Gasteiger partial charge in [0.25, 0.3) is 0 Å². The zero-order chi connectivity index (χ0) is 22.5. The quantitative estimate of drug-likeness (QED) is 0.635. The van der Waals surface area contributed by atoms with E-state index in [4.69, 9.17) is 18.9 Å². The Bertz CT molecular complexity index is 971. The maximum Gasteiger partial charge on any atom is 0.247 e. The molecule has 0 radical (unpaired) electrons. The van der Waals surface area contributed by atoms with E-state index < -0.39 is 0 Å². The molecule has 32 heavy (non-hydrogen) atoms. The van der Waals surface area contributed by atoms with Crippen molar-refractivity contribution in [1.82, 2.24) is 5.32 Å². The second-order valence-corrected chi connectivity index (χ2v) is 8.29. The van der Waals surface area contributed by atoms with Crippen LogP contribution in [0.2, 0.25) is 0 Å². The number of rotatable bonds is 7. The molecule has 1 amide bonds. The van der Waals surface area contributed by atoms with Gasteiger partial charge in [-0.1, -0.05) is 12.1 Å². The standard InChI is InChI=1S/C26H31NO5/c1-29-22-9-6-10-23(30-2)21(22)14-18-13-19(16-27-26(18)28)17-11-12-24(31-3)25(15-17)32-20-7-4-5-8-20/h6,9-12,14-15,19-20H,4-5,7-8,13,16H2,1-3H3,(H,27,28)/b18-14+/t19-/m1/s1. The molecule has 0 bridgehead atoms. The fraction of sp³-hybridized carbons (Fsp3) is 0.423. The summed E-state index contributed by atoms with van der Waals surface area (Å²) in [4.78, 5) is 12.7. The van der Waals surface area contributed by atoms with Crippen molar-refractivity contribution in [3.8, 4) is 23.0 Å². The van der Waals surface area contributed by atoms with Crippen molar-refractivity contribution in [2.24, 2.45) is 0 Å². The molecule has 1 aliphatic carbocycles. The predicted molar refractivity (Wildman–Crippen MR) is 124 cm³/mol. The van der Waals surface area contributed by atoms with E-state index >= 15 is 0 Å². The van der Waals surface area contributed by atoms with Gasteiger partial charge in [-0.25, -0.2) is 0 Å². The highest BCUT2D eigenvalue weighted by Crippen LogP contribution is 2.38. The maximum atomic E-state index is 12.7. The molecule has 2 fully saturated rings. The van der Waals surface area contributed by atoms with Crippen LogP contribution in [0.5, 0.6) is 23.0 Å². The van der Waals surface area contributed by atoms with E-state index in [1.54, 1.807) is 21.3 Å². The highest BCUT2D eigenvalue weighted by Gasteiger charge is 2.27. The van der Waals surface area contributed by atoms with E-state index in [0.29, 0.717) is 30.0 Å². The van der Waals surface area contributed by atoms with Crippen LogP contribution in [-0.2, 0) is 4.79 Å². The van der Waals surface area contributed by atoms with Gasteiger partial charge in [0.15, 0.2) is 11.5 Å². The van der Waals surface area contributed by atoms with E-state index in [1.165, 1.54) is 12.8 Å². The third-order valence-corrected chi connectivity index (χ3v) is 6.31. The monoisotopic (exact) mass is 437 g/mol. The molecule has 0 spiro atoms. The van der Waals surface area contributed by atoms with Crippen molar-refractivity contribution in [2.75, 3.05) is 27.9 Å². The van der Waals surface area contributed by atoms with Crippen LogP contribution < -0.4 is 24.3 Å². The summed E-state index contributed by atoms with van der Waals surface area (Å²) in [5.74, 6) is 2.94. The number of ether oxygens (including phenoxy) is 4. The molecule has 1 heterocycles. The highest BCUT2D eigenvalue weighted by molar-refractivity contribution is 5.99. The summed E-state index contributed by atoms with van der Waals surface area (Å²) in [6.45, 7) is 0.578. The lowest BCUT2D eigenvalue weighted by Gasteiger charge is -2.26. The number of amides is 1. The number of benzene rings is 2. The van der Waals surface area contributed by atoms with Crippen molar-refractivity contribution < 1.29 is 23.7 Å². The number of carbonyl (C=O) groups is 1. The fourth-order valence-corrected chi connectivity index (χ4v) is 4.54. The summed E-state index contributed by atoms with van der Waals surface area (Å²) in [5, 5.41) is 3.04. The molecule has 0 aromatic heterocycles. The number of hydrogen-bond donors (Lipinski definition) is 1. The lowest BCUT2D eigenvalue weighted by Crippen LogP contribution is -2.35. The van der Waals surface area contributed by atoms with Crippen LogP contribution in [0.15, 0.2) is 42.0 Å². The first-order valence-corrected chi connectivity index (χ1v) is 11.2. The van der Waals surface area contributed by atoms with Crippen molar-refractivity contribution in [2.45, 2.75) is 44.1 Å². The van der Waals surface area contributed by atoms with Crippen LogP contribution in [0.3, 0.4) is 0 Å². The van der Waals surface area contributed by atoms with Gasteiger partial charge in [0, 0.05) is 18.0 Å². The Morgan fingerprint density at radius 2 is 1.59 bits per heavy atom. The number of methoxy groups -OCH3 is 3. The van der Waals surface area contributed by atoms with Gasteiger partial charge in [-0.15, -0.1) is 0 Å². The molecule has 1 atom stereocenters. The molecule has 6 heteroatoms. The zero-order valence-corrected chi connectivity index (χ0v) is 19.0. The molecule has 0 unspecified atom stereocenters. The molecule has 2 aliphatic rings. The van der Waals surface area contributed by atoms with Gasteiger partial charge in [0.2, 0.25) is 5.91 Å². The lowest BCUT2D eigenvalue weighted by molar-refractivity contribution is -0.118.